The largest absolute Gasteiger partial charge is 0.444 e. The molecule has 0 aliphatic rings. The van der Waals surface area contributed by atoms with Crippen LogP contribution in [0, 0.1) is 12.7 Å². The number of rotatable bonds is 11. The van der Waals surface area contributed by atoms with Crippen molar-refractivity contribution >= 4 is 25.1 Å². The maximum atomic E-state index is 13.9. The number of hydrogen-bond donors (Lipinski definition) is 1. The second kappa shape index (κ2) is 12.6. The standard InChI is InChI=1S/C31H42FN5O3Si/c1-22-15-24(16-25-20-37(35-28(22)25)21-39-13-14-41(5,6)7)18-27(34-30(38)40-31(2,3)4)29-33-11-12-36(29)19-23-9-8-10-26(32)17-23/h8-12,15-17,20,27H,13-14,18-19,21H2,1-7H3,(H,34,38)/q-1. The van der Waals surface area contributed by atoms with Crippen LogP contribution in [-0.2, 0) is 29.2 Å². The van der Waals surface area contributed by atoms with Crippen molar-refractivity contribution in [3.63, 3.8) is 0 Å². The van der Waals surface area contributed by atoms with Crippen LogP contribution in [0.2, 0.25) is 25.7 Å². The lowest BCUT2D eigenvalue weighted by molar-refractivity contribution is 0.0500. The highest BCUT2D eigenvalue weighted by molar-refractivity contribution is 6.76. The lowest BCUT2D eigenvalue weighted by atomic mass is 10.0. The van der Waals surface area contributed by atoms with Crippen molar-refractivity contribution < 1.29 is 18.7 Å². The Morgan fingerprint density at radius 2 is 1.93 bits per heavy atom. The average molecular weight is 580 g/mol. The van der Waals surface area contributed by atoms with Crippen LogP contribution in [0.3, 0.4) is 0 Å². The van der Waals surface area contributed by atoms with E-state index in [1.54, 1.807) is 12.3 Å². The van der Waals surface area contributed by atoms with Crippen LogP contribution >= 0.6 is 0 Å². The van der Waals surface area contributed by atoms with Gasteiger partial charge in [-0.05, 0) is 62.6 Å². The van der Waals surface area contributed by atoms with Crippen molar-refractivity contribution in [3.05, 3.63) is 83.3 Å². The summed E-state index contributed by atoms with van der Waals surface area (Å²) in [6.07, 6.45) is 5.49. The average Bonchev–Trinajstić information content (AvgIpc) is 3.47. The van der Waals surface area contributed by atoms with Gasteiger partial charge in [-0.3, -0.25) is 0 Å². The first kappa shape index (κ1) is 30.5. The summed E-state index contributed by atoms with van der Waals surface area (Å²) in [4.78, 5) is 17.5. The predicted octanol–water partition coefficient (Wildman–Crippen LogP) is 6.85. The highest BCUT2D eigenvalue weighted by atomic mass is 28.3. The van der Waals surface area contributed by atoms with E-state index in [1.807, 2.05) is 55.4 Å². The van der Waals surface area contributed by atoms with Crippen LogP contribution in [-0.4, -0.2) is 45.7 Å². The van der Waals surface area contributed by atoms with Gasteiger partial charge >= 0.3 is 6.09 Å². The fraction of sp³-hybridized carbons (Fsp3) is 0.452. The minimum absolute atomic E-state index is 0.293. The van der Waals surface area contributed by atoms with Gasteiger partial charge < -0.3 is 19.4 Å². The molecule has 2 heterocycles. The summed E-state index contributed by atoms with van der Waals surface area (Å²) in [7, 11) is -1.15. The zero-order valence-electron chi connectivity index (χ0n) is 25.2. The van der Waals surface area contributed by atoms with Crippen molar-refractivity contribution in [2.75, 3.05) is 6.61 Å². The summed E-state index contributed by atoms with van der Waals surface area (Å²) >= 11 is 0. The van der Waals surface area contributed by atoms with Crippen LogP contribution in [0.5, 0.6) is 0 Å². The third-order valence-corrected chi connectivity index (χ3v) is 8.26. The number of carbonyl (C=O) groups is 1. The van der Waals surface area contributed by atoms with Gasteiger partial charge in [-0.2, -0.15) is 24.7 Å². The van der Waals surface area contributed by atoms with E-state index in [1.165, 1.54) is 12.1 Å². The Balaban J connectivity index is 1.58. The number of aromatic nitrogens is 4. The van der Waals surface area contributed by atoms with Gasteiger partial charge in [0.05, 0.1) is 11.6 Å². The van der Waals surface area contributed by atoms with Crippen LogP contribution < -0.4 is 5.32 Å². The topological polar surface area (TPSA) is 83.2 Å². The molecule has 0 radical (unpaired) electrons. The Kier molecular flexibility index (Phi) is 9.33. The summed E-state index contributed by atoms with van der Waals surface area (Å²) in [6, 6.07) is 11.3. The number of alkyl carbamates (subject to hydrolysis) is 1. The third-order valence-electron chi connectivity index (χ3n) is 6.56. The number of nitrogens with one attached hydrogen (secondary N) is 1. The van der Waals surface area contributed by atoms with Crippen LogP contribution in [0.1, 0.15) is 49.3 Å². The number of nitrogens with zero attached hydrogens (tertiary/aromatic N) is 4. The molecule has 2 aromatic heterocycles. The molecule has 2 aromatic carbocycles. The van der Waals surface area contributed by atoms with Crippen molar-refractivity contribution in [3.8, 4) is 0 Å². The molecule has 10 heteroatoms. The Bertz CT molecular complexity index is 1490. The van der Waals surface area contributed by atoms with E-state index in [0.717, 1.165) is 40.2 Å². The number of aryl methyl sites for hydroxylation is 1. The SMILES string of the molecule is Cc1cc(CC(NC(=O)OC(C)(C)C)c2nccn2Cc2cccc(F)c2)cc2cn(COCC[Si-](C)(C)C)nc12. The summed E-state index contributed by atoms with van der Waals surface area (Å²) in [5.74, 6) is 0.364. The molecule has 0 spiro atoms. The maximum absolute atomic E-state index is 13.9. The Morgan fingerprint density at radius 3 is 2.63 bits per heavy atom. The number of ether oxygens (including phenoxy) is 2. The molecular formula is C31H42FN5O3Si-. The van der Waals surface area contributed by atoms with E-state index in [0.29, 0.717) is 25.5 Å². The van der Waals surface area contributed by atoms with Crippen molar-refractivity contribution in [1.82, 2.24) is 24.6 Å². The first-order valence-electron chi connectivity index (χ1n) is 14.1. The Labute approximate surface area is 242 Å². The van der Waals surface area contributed by atoms with E-state index in [4.69, 9.17) is 14.6 Å². The van der Waals surface area contributed by atoms with Gasteiger partial charge in [-0.1, -0.05) is 18.2 Å². The molecular weight excluding hydrogens is 537 g/mol. The molecule has 0 aliphatic carbocycles. The number of hydrogen-bond acceptors (Lipinski definition) is 5. The fourth-order valence-corrected chi connectivity index (χ4v) is 5.40. The molecule has 1 unspecified atom stereocenters. The molecule has 1 atom stereocenters. The second-order valence-electron chi connectivity index (χ2n) is 12.8. The first-order valence-corrected chi connectivity index (χ1v) is 17.8. The van der Waals surface area contributed by atoms with Gasteiger partial charge in [0.25, 0.3) is 0 Å². The van der Waals surface area contributed by atoms with Gasteiger partial charge in [-0.25, -0.2) is 18.9 Å². The molecule has 0 saturated heterocycles. The zero-order valence-corrected chi connectivity index (χ0v) is 26.2. The second-order valence-corrected chi connectivity index (χ2v) is 18.4. The molecule has 41 heavy (non-hydrogen) atoms. The molecule has 8 nitrogen and oxygen atoms in total. The van der Waals surface area contributed by atoms with Crippen LogP contribution in [0.15, 0.2) is 55.0 Å². The summed E-state index contributed by atoms with van der Waals surface area (Å²) < 4.78 is 29.1. The number of halogens is 1. The van der Waals surface area contributed by atoms with Gasteiger partial charge in [0, 0.05) is 43.5 Å². The molecule has 0 fully saturated rings. The lowest BCUT2D eigenvalue weighted by Gasteiger charge is -2.26. The number of amides is 1. The fourth-order valence-electron chi connectivity index (χ4n) is 4.65. The number of benzene rings is 2. The molecule has 4 aromatic rings. The number of carbonyl (C=O) groups excluding carboxylic acids is 1. The molecule has 1 N–H and O–H groups in total. The Morgan fingerprint density at radius 1 is 1.15 bits per heavy atom. The molecule has 0 aliphatic heterocycles. The van der Waals surface area contributed by atoms with E-state index < -0.39 is 25.8 Å². The maximum Gasteiger partial charge on any atom is 0.408 e. The minimum atomic E-state index is -1.15. The highest BCUT2D eigenvalue weighted by Crippen LogP contribution is 2.25. The van der Waals surface area contributed by atoms with Crippen molar-refractivity contribution in [2.24, 2.45) is 0 Å². The van der Waals surface area contributed by atoms with Crippen LogP contribution in [0.25, 0.3) is 10.9 Å². The van der Waals surface area contributed by atoms with Crippen molar-refractivity contribution in [2.45, 2.75) is 84.7 Å². The van der Waals surface area contributed by atoms with E-state index in [9.17, 15) is 9.18 Å². The monoisotopic (exact) mass is 579 g/mol. The first-order chi connectivity index (χ1) is 19.3. The van der Waals surface area contributed by atoms with Gasteiger partial charge in [0.2, 0.25) is 0 Å². The normalized spacial score (nSPS) is 13.0. The minimum Gasteiger partial charge on any atom is -0.444 e. The van der Waals surface area contributed by atoms with Gasteiger partial charge in [0.15, 0.2) is 0 Å². The number of imidazole rings is 1. The van der Waals surface area contributed by atoms with Crippen molar-refractivity contribution in [1.29, 1.82) is 0 Å². The van der Waals surface area contributed by atoms with Gasteiger partial charge in [-0.15, -0.1) is 14.1 Å². The number of fused-ring (bicyclic) bond motifs is 1. The van der Waals surface area contributed by atoms with Gasteiger partial charge in [0.1, 0.15) is 24.0 Å². The highest BCUT2D eigenvalue weighted by Gasteiger charge is 2.24. The predicted molar refractivity (Wildman–Crippen MR) is 162 cm³/mol. The summed E-state index contributed by atoms with van der Waals surface area (Å²) in [6.45, 7) is 16.1. The van der Waals surface area contributed by atoms with E-state index in [-0.39, 0.29) is 5.82 Å². The van der Waals surface area contributed by atoms with E-state index in [2.05, 4.69) is 42.1 Å². The summed E-state index contributed by atoms with van der Waals surface area (Å²) in [5, 5.41) is 8.77. The summed E-state index contributed by atoms with van der Waals surface area (Å²) in [5.41, 5.74) is 3.14. The molecule has 221 valence electrons. The molecule has 1 amide bonds. The van der Waals surface area contributed by atoms with Crippen LogP contribution in [0.4, 0.5) is 9.18 Å². The zero-order chi connectivity index (χ0) is 29.8. The quantitative estimate of drug-likeness (QED) is 0.155. The molecule has 4 rings (SSSR count). The Hall–Kier alpha value is -3.50. The molecule has 0 saturated carbocycles. The third kappa shape index (κ3) is 8.99. The smallest absolute Gasteiger partial charge is 0.408 e. The lowest BCUT2D eigenvalue weighted by Crippen LogP contribution is -2.37. The van der Waals surface area contributed by atoms with E-state index >= 15 is 0 Å². The molecule has 0 bridgehead atoms.